The van der Waals surface area contributed by atoms with E-state index in [1.165, 1.54) is 4.90 Å². The molecule has 5 atom stereocenters. The normalized spacial score (nSPS) is 27.4. The van der Waals surface area contributed by atoms with Crippen LogP contribution in [-0.4, -0.2) is 90.3 Å². The van der Waals surface area contributed by atoms with Gasteiger partial charge in [0.25, 0.3) is 5.91 Å². The fourth-order valence-electron chi connectivity index (χ4n) is 7.26. The van der Waals surface area contributed by atoms with Gasteiger partial charge in [-0.2, -0.15) is 0 Å². The number of nitrogens with one attached hydrogen (secondary N) is 3. The second-order valence-corrected chi connectivity index (χ2v) is 18.4. The predicted molar refractivity (Wildman–Crippen MR) is 203 cm³/mol. The van der Waals surface area contributed by atoms with Gasteiger partial charge in [-0.15, -0.1) is 0 Å². The monoisotopic (exact) mass is 773 g/mol. The quantitative estimate of drug-likeness (QED) is 0.294. The van der Waals surface area contributed by atoms with Gasteiger partial charge >= 0.3 is 6.09 Å². The Morgan fingerprint density at radius 2 is 1.78 bits per heavy atom. The van der Waals surface area contributed by atoms with E-state index in [0.29, 0.717) is 40.9 Å². The zero-order valence-corrected chi connectivity index (χ0v) is 32.6. The highest BCUT2D eigenvalue weighted by atomic mass is 32.2. The second-order valence-electron chi connectivity index (χ2n) is 16.5. The van der Waals surface area contributed by atoms with Gasteiger partial charge < -0.3 is 29.7 Å². The van der Waals surface area contributed by atoms with Crippen molar-refractivity contribution >= 4 is 44.7 Å². The SMILES string of the molecule is COc1ccc2c(O[C@@H]3C[C@H]4C(=O)NC5(C(=O)NS(=O)(=O)C6CC6)CC5/C=C/C(C)(C)OC(=O)N[C@H](C(C)(C)C)C(=O)N4C3)cc(-c3ccccc3)nc2c1. The van der Waals surface area contributed by atoms with Crippen LogP contribution in [0.25, 0.3) is 22.2 Å². The number of nitrogens with zero attached hydrogens (tertiary/aromatic N) is 2. The topological polar surface area (TPSA) is 182 Å². The molecule has 2 saturated carbocycles. The molecule has 0 spiro atoms. The van der Waals surface area contributed by atoms with E-state index in [9.17, 15) is 27.6 Å². The highest BCUT2D eigenvalue weighted by Crippen LogP contribution is 2.46. The van der Waals surface area contributed by atoms with Crippen LogP contribution >= 0.6 is 0 Å². The van der Waals surface area contributed by atoms with Crippen LogP contribution in [-0.2, 0) is 29.1 Å². The number of sulfonamides is 1. The molecule has 2 aromatic carbocycles. The molecule has 3 fully saturated rings. The van der Waals surface area contributed by atoms with Crippen LogP contribution in [0, 0.1) is 11.3 Å². The third-order valence-electron chi connectivity index (χ3n) is 10.6. The van der Waals surface area contributed by atoms with Crippen LogP contribution in [0.2, 0.25) is 0 Å². The maximum Gasteiger partial charge on any atom is 0.408 e. The summed E-state index contributed by atoms with van der Waals surface area (Å²) in [5, 5.41) is 5.64. The van der Waals surface area contributed by atoms with Crippen LogP contribution in [0.15, 0.2) is 66.7 Å². The van der Waals surface area contributed by atoms with Crippen LogP contribution in [0.1, 0.15) is 60.3 Å². The van der Waals surface area contributed by atoms with Crippen LogP contribution in [0.5, 0.6) is 11.5 Å². The van der Waals surface area contributed by atoms with Crippen molar-refractivity contribution in [3.05, 3.63) is 66.7 Å². The lowest BCUT2D eigenvalue weighted by Crippen LogP contribution is -2.60. The van der Waals surface area contributed by atoms with Crippen LogP contribution in [0.4, 0.5) is 4.79 Å². The fourth-order valence-corrected chi connectivity index (χ4v) is 8.63. The molecule has 3 aromatic rings. The molecule has 2 aliphatic carbocycles. The number of fused-ring (bicyclic) bond motifs is 3. The molecular formula is C40H47N5O9S. The average Bonchev–Trinajstić information content (AvgIpc) is 4.05. The number of pyridine rings is 1. The first-order chi connectivity index (χ1) is 25.9. The van der Waals surface area contributed by atoms with Crippen LogP contribution in [0.3, 0.4) is 0 Å². The summed E-state index contributed by atoms with van der Waals surface area (Å²) < 4.78 is 45.9. The molecule has 55 heavy (non-hydrogen) atoms. The van der Waals surface area contributed by atoms with Gasteiger partial charge in [-0.3, -0.25) is 19.1 Å². The standard InChI is InChI=1S/C40H47N5O9S/c1-38(2,3)33-35(47)45-22-26(53-32-20-29(23-10-8-7-9-11-23)41-30-18-25(52-6)12-15-28(30)32)19-31(45)34(46)43-40(36(48)44-55(50,51)27-13-14-27)21-24(40)16-17-39(4,5)54-37(49)42-33/h7-12,15-18,20,24,26-27,31,33H,13-14,19,21-22H2,1-6H3,(H,42,49)(H,43,46)(H,44,48)/b17-16+/t24?,26-,31+,33+,40?/m1/s1. The Morgan fingerprint density at radius 3 is 2.45 bits per heavy atom. The molecule has 3 N–H and O–H groups in total. The number of cyclic esters (lactones) is 1. The van der Waals surface area contributed by atoms with Gasteiger partial charge in [0.15, 0.2) is 0 Å². The van der Waals surface area contributed by atoms with Crippen molar-refractivity contribution < 1.29 is 41.8 Å². The molecule has 292 valence electrons. The van der Waals surface area contributed by atoms with Gasteiger partial charge in [-0.05, 0) is 56.7 Å². The first kappa shape index (κ1) is 38.1. The van der Waals surface area contributed by atoms with E-state index >= 15 is 0 Å². The molecule has 4 amide bonds. The summed E-state index contributed by atoms with van der Waals surface area (Å²) in [6.07, 6.45) is 2.72. The van der Waals surface area contributed by atoms with Gasteiger partial charge in [-0.25, -0.2) is 18.2 Å². The van der Waals surface area contributed by atoms with Gasteiger partial charge in [-0.1, -0.05) is 57.2 Å². The Kier molecular flexibility index (Phi) is 9.59. The summed E-state index contributed by atoms with van der Waals surface area (Å²) in [5.41, 5.74) is -1.51. The Labute approximate surface area is 320 Å². The van der Waals surface area contributed by atoms with E-state index in [0.717, 1.165) is 5.56 Å². The van der Waals surface area contributed by atoms with Gasteiger partial charge in [0.05, 0.1) is 30.1 Å². The summed E-state index contributed by atoms with van der Waals surface area (Å²) in [5.74, 6) is -1.58. The Balaban J connectivity index is 1.26. The van der Waals surface area contributed by atoms with E-state index in [4.69, 9.17) is 19.2 Å². The summed E-state index contributed by atoms with van der Waals surface area (Å²) in [7, 11) is -2.38. The molecule has 1 saturated heterocycles. The molecule has 0 bridgehead atoms. The molecule has 2 aliphatic heterocycles. The number of methoxy groups -OCH3 is 1. The van der Waals surface area contributed by atoms with Crippen molar-refractivity contribution in [1.29, 1.82) is 0 Å². The van der Waals surface area contributed by atoms with Gasteiger partial charge in [0, 0.05) is 35.4 Å². The molecule has 7 rings (SSSR count). The number of aromatic nitrogens is 1. The van der Waals surface area contributed by atoms with Crippen molar-refractivity contribution in [2.45, 2.75) is 94.9 Å². The number of benzene rings is 2. The number of amides is 4. The molecule has 14 nitrogen and oxygen atoms in total. The highest BCUT2D eigenvalue weighted by Gasteiger charge is 2.62. The number of hydrogen-bond donors (Lipinski definition) is 3. The lowest BCUT2D eigenvalue weighted by Gasteiger charge is -2.36. The van der Waals surface area contributed by atoms with Crippen molar-refractivity contribution in [2.75, 3.05) is 13.7 Å². The average molecular weight is 774 g/mol. The molecule has 1 aromatic heterocycles. The predicted octanol–water partition coefficient (Wildman–Crippen LogP) is 4.23. The minimum atomic E-state index is -3.95. The van der Waals surface area contributed by atoms with Crippen LogP contribution < -0.4 is 24.8 Å². The van der Waals surface area contributed by atoms with E-state index in [-0.39, 0.29) is 19.4 Å². The minimum Gasteiger partial charge on any atom is -0.497 e. The number of carbonyl (C=O) groups is 4. The zero-order chi connectivity index (χ0) is 39.5. The number of rotatable bonds is 7. The Morgan fingerprint density at radius 1 is 1.05 bits per heavy atom. The molecule has 15 heteroatoms. The molecule has 2 unspecified atom stereocenters. The first-order valence-electron chi connectivity index (χ1n) is 18.5. The molecular weight excluding hydrogens is 727 g/mol. The van der Waals surface area contributed by atoms with Gasteiger partial charge in [0.2, 0.25) is 21.8 Å². The lowest BCUT2D eigenvalue weighted by molar-refractivity contribution is -0.143. The molecule has 3 heterocycles. The van der Waals surface area contributed by atoms with Crippen molar-refractivity contribution in [3.8, 4) is 22.8 Å². The zero-order valence-electron chi connectivity index (χ0n) is 31.8. The summed E-state index contributed by atoms with van der Waals surface area (Å²) in [6.45, 7) is 8.62. The smallest absolute Gasteiger partial charge is 0.408 e. The fraction of sp³-hybridized carbons (Fsp3) is 0.475. The largest absolute Gasteiger partial charge is 0.497 e. The number of ether oxygens (including phenoxy) is 3. The Bertz CT molecular complexity index is 2180. The maximum atomic E-state index is 14.6. The third-order valence-corrected chi connectivity index (χ3v) is 12.4. The molecule has 4 aliphatic rings. The minimum absolute atomic E-state index is 0.0329. The van der Waals surface area contributed by atoms with E-state index in [1.54, 1.807) is 66.0 Å². The number of hydrogen-bond acceptors (Lipinski definition) is 10. The third kappa shape index (κ3) is 7.84. The Hall–Kier alpha value is -5.18. The number of alkyl carbamates (subject to hydrolysis) is 1. The molecule has 0 radical (unpaired) electrons. The highest BCUT2D eigenvalue weighted by molar-refractivity contribution is 7.91. The second kappa shape index (κ2) is 13.8. The van der Waals surface area contributed by atoms with Crippen molar-refractivity contribution in [2.24, 2.45) is 11.3 Å². The summed E-state index contributed by atoms with van der Waals surface area (Å²) >= 11 is 0. The summed E-state index contributed by atoms with van der Waals surface area (Å²) in [4.78, 5) is 62.5. The van der Waals surface area contributed by atoms with Crippen molar-refractivity contribution in [1.82, 2.24) is 25.2 Å². The lowest BCUT2D eigenvalue weighted by atomic mass is 9.85. The van der Waals surface area contributed by atoms with E-state index < -0.39 is 79.7 Å². The summed E-state index contributed by atoms with van der Waals surface area (Å²) in [6, 6.07) is 14.6. The number of carbonyl (C=O) groups excluding carboxylic acids is 4. The first-order valence-corrected chi connectivity index (χ1v) is 20.0. The maximum absolute atomic E-state index is 14.6. The van der Waals surface area contributed by atoms with E-state index in [2.05, 4.69) is 15.4 Å². The van der Waals surface area contributed by atoms with Gasteiger partial charge in [0.1, 0.15) is 40.8 Å². The van der Waals surface area contributed by atoms with Crippen molar-refractivity contribution in [3.63, 3.8) is 0 Å². The van der Waals surface area contributed by atoms with E-state index in [1.807, 2.05) is 42.5 Å².